The average Bonchev–Trinajstić information content (AvgIpc) is 2.11. The van der Waals surface area contributed by atoms with E-state index in [1.807, 2.05) is 25.8 Å². The maximum absolute atomic E-state index is 5.68. The Morgan fingerprint density at radius 1 is 1.36 bits per heavy atom. The molecule has 3 nitrogen and oxygen atoms in total. The molecule has 0 aromatic carbocycles. The lowest BCUT2D eigenvalue weighted by Crippen LogP contribution is -2.22. The SMILES string of the molecule is Cc1nc(C)c(Br)c(N(C)CCCl)n1. The zero-order valence-corrected chi connectivity index (χ0v) is 10.9. The lowest BCUT2D eigenvalue weighted by molar-refractivity contribution is 0.896. The highest BCUT2D eigenvalue weighted by Crippen LogP contribution is 2.25. The molecule has 0 atom stereocenters. The molecule has 5 heteroatoms. The number of anilines is 1. The lowest BCUT2D eigenvalue weighted by atomic mass is 10.4. The van der Waals surface area contributed by atoms with Gasteiger partial charge in [0, 0.05) is 19.5 Å². The van der Waals surface area contributed by atoms with Crippen LogP contribution < -0.4 is 4.90 Å². The molecule has 0 fully saturated rings. The fourth-order valence-corrected chi connectivity index (χ4v) is 1.90. The fourth-order valence-electron chi connectivity index (χ4n) is 1.17. The second-order valence-electron chi connectivity index (χ2n) is 3.10. The number of halogens is 2. The molecular weight excluding hydrogens is 265 g/mol. The Balaban J connectivity index is 3.07. The first-order chi connectivity index (χ1) is 6.56. The summed E-state index contributed by atoms with van der Waals surface area (Å²) in [6.07, 6.45) is 0. The molecule has 1 heterocycles. The molecule has 0 bridgehead atoms. The van der Waals surface area contributed by atoms with Gasteiger partial charge in [-0.05, 0) is 29.8 Å². The predicted molar refractivity (Wildman–Crippen MR) is 63.2 cm³/mol. The Morgan fingerprint density at radius 2 is 2.00 bits per heavy atom. The van der Waals surface area contributed by atoms with Crippen LogP contribution in [0.1, 0.15) is 11.5 Å². The quantitative estimate of drug-likeness (QED) is 0.796. The molecule has 0 radical (unpaired) electrons. The monoisotopic (exact) mass is 277 g/mol. The molecule has 1 aromatic rings. The summed E-state index contributed by atoms with van der Waals surface area (Å²) >= 11 is 9.15. The van der Waals surface area contributed by atoms with Gasteiger partial charge in [0.25, 0.3) is 0 Å². The Kier molecular flexibility index (Phi) is 4.13. The highest BCUT2D eigenvalue weighted by Gasteiger charge is 2.10. The smallest absolute Gasteiger partial charge is 0.146 e. The molecule has 1 aromatic heterocycles. The van der Waals surface area contributed by atoms with Crippen molar-refractivity contribution in [1.82, 2.24) is 9.97 Å². The van der Waals surface area contributed by atoms with Gasteiger partial charge in [-0.1, -0.05) is 0 Å². The van der Waals surface area contributed by atoms with Crippen LogP contribution in [0.25, 0.3) is 0 Å². The Bertz CT molecular complexity index is 330. The van der Waals surface area contributed by atoms with Crippen molar-refractivity contribution < 1.29 is 0 Å². The summed E-state index contributed by atoms with van der Waals surface area (Å²) in [5, 5.41) is 0. The van der Waals surface area contributed by atoms with Crippen LogP contribution in [-0.2, 0) is 0 Å². The third-order valence-electron chi connectivity index (χ3n) is 1.89. The Hall–Kier alpha value is -0.350. The van der Waals surface area contributed by atoms with E-state index in [-0.39, 0.29) is 0 Å². The van der Waals surface area contributed by atoms with Crippen LogP contribution in [0.15, 0.2) is 4.47 Å². The van der Waals surface area contributed by atoms with Crippen molar-refractivity contribution in [3.05, 3.63) is 16.0 Å². The van der Waals surface area contributed by atoms with E-state index in [1.54, 1.807) is 0 Å². The molecule has 0 unspecified atom stereocenters. The van der Waals surface area contributed by atoms with E-state index >= 15 is 0 Å². The molecule has 0 aliphatic carbocycles. The molecule has 0 aliphatic heterocycles. The molecule has 0 N–H and O–H groups in total. The van der Waals surface area contributed by atoms with Gasteiger partial charge >= 0.3 is 0 Å². The van der Waals surface area contributed by atoms with Gasteiger partial charge in [0.15, 0.2) is 0 Å². The zero-order valence-electron chi connectivity index (χ0n) is 8.51. The number of rotatable bonds is 3. The number of hydrogen-bond acceptors (Lipinski definition) is 3. The minimum Gasteiger partial charge on any atom is -0.357 e. The summed E-state index contributed by atoms with van der Waals surface area (Å²) in [4.78, 5) is 10.6. The van der Waals surface area contributed by atoms with Crippen molar-refractivity contribution >= 4 is 33.3 Å². The third-order valence-corrected chi connectivity index (χ3v) is 2.99. The van der Waals surface area contributed by atoms with Gasteiger partial charge in [-0.2, -0.15) is 0 Å². The van der Waals surface area contributed by atoms with E-state index in [0.717, 1.165) is 28.4 Å². The molecule has 0 spiro atoms. The highest BCUT2D eigenvalue weighted by atomic mass is 79.9. The van der Waals surface area contributed by atoms with Crippen molar-refractivity contribution in [2.24, 2.45) is 0 Å². The minimum atomic E-state index is 0.588. The second-order valence-corrected chi connectivity index (χ2v) is 4.28. The summed E-state index contributed by atoms with van der Waals surface area (Å²) in [5.41, 5.74) is 0.953. The predicted octanol–water partition coefficient (Wildman–Crippen LogP) is 2.53. The Labute approximate surface area is 97.6 Å². The first-order valence-electron chi connectivity index (χ1n) is 4.34. The van der Waals surface area contributed by atoms with E-state index in [1.165, 1.54) is 0 Å². The fraction of sp³-hybridized carbons (Fsp3) is 0.556. The van der Waals surface area contributed by atoms with E-state index in [4.69, 9.17) is 11.6 Å². The van der Waals surface area contributed by atoms with E-state index in [0.29, 0.717) is 5.88 Å². The first kappa shape index (κ1) is 11.7. The van der Waals surface area contributed by atoms with Gasteiger partial charge in [0.05, 0.1) is 10.2 Å². The van der Waals surface area contributed by atoms with Gasteiger partial charge in [-0.15, -0.1) is 11.6 Å². The lowest BCUT2D eigenvalue weighted by Gasteiger charge is -2.19. The van der Waals surface area contributed by atoms with Crippen LogP contribution in [0.3, 0.4) is 0 Å². The zero-order chi connectivity index (χ0) is 10.7. The van der Waals surface area contributed by atoms with Gasteiger partial charge in [0.2, 0.25) is 0 Å². The molecule has 78 valence electrons. The van der Waals surface area contributed by atoms with Gasteiger partial charge in [-0.25, -0.2) is 9.97 Å². The standard InChI is InChI=1S/C9H13BrClN3/c1-6-8(10)9(13-7(2)12-6)14(3)5-4-11/h4-5H2,1-3H3. The summed E-state index contributed by atoms with van der Waals surface area (Å²) in [6.45, 7) is 4.62. The van der Waals surface area contributed by atoms with Gasteiger partial charge in [0.1, 0.15) is 11.6 Å². The largest absolute Gasteiger partial charge is 0.357 e. The van der Waals surface area contributed by atoms with Crippen molar-refractivity contribution in [1.29, 1.82) is 0 Å². The Morgan fingerprint density at radius 3 is 2.57 bits per heavy atom. The summed E-state index contributed by atoms with van der Waals surface area (Å²) < 4.78 is 0.940. The summed E-state index contributed by atoms with van der Waals surface area (Å²) in [6, 6.07) is 0. The van der Waals surface area contributed by atoms with Gasteiger partial charge in [-0.3, -0.25) is 0 Å². The normalized spacial score (nSPS) is 10.4. The maximum atomic E-state index is 5.68. The summed E-state index contributed by atoms with van der Waals surface area (Å²) in [5.74, 6) is 2.27. The van der Waals surface area contributed by atoms with Crippen LogP contribution in [0, 0.1) is 13.8 Å². The van der Waals surface area contributed by atoms with Crippen LogP contribution in [0.4, 0.5) is 5.82 Å². The molecule has 14 heavy (non-hydrogen) atoms. The van der Waals surface area contributed by atoms with Crippen molar-refractivity contribution in [2.45, 2.75) is 13.8 Å². The minimum absolute atomic E-state index is 0.588. The highest BCUT2D eigenvalue weighted by molar-refractivity contribution is 9.10. The topological polar surface area (TPSA) is 29.0 Å². The van der Waals surface area contributed by atoms with E-state index in [2.05, 4.69) is 25.9 Å². The molecular formula is C9H13BrClN3. The second kappa shape index (κ2) is 4.94. The van der Waals surface area contributed by atoms with E-state index < -0.39 is 0 Å². The summed E-state index contributed by atoms with van der Waals surface area (Å²) in [7, 11) is 1.97. The number of alkyl halides is 1. The van der Waals surface area contributed by atoms with Crippen molar-refractivity contribution in [3.63, 3.8) is 0 Å². The third kappa shape index (κ3) is 2.58. The molecule has 0 saturated heterocycles. The first-order valence-corrected chi connectivity index (χ1v) is 5.67. The van der Waals surface area contributed by atoms with Crippen LogP contribution in [-0.4, -0.2) is 29.4 Å². The van der Waals surface area contributed by atoms with Crippen LogP contribution in [0.5, 0.6) is 0 Å². The average molecular weight is 279 g/mol. The van der Waals surface area contributed by atoms with Crippen molar-refractivity contribution in [2.75, 3.05) is 24.4 Å². The van der Waals surface area contributed by atoms with Gasteiger partial charge < -0.3 is 4.90 Å². The molecule has 0 amide bonds. The maximum Gasteiger partial charge on any atom is 0.146 e. The molecule has 0 aliphatic rings. The van der Waals surface area contributed by atoms with Crippen LogP contribution in [0.2, 0.25) is 0 Å². The number of aryl methyl sites for hydroxylation is 2. The van der Waals surface area contributed by atoms with Crippen molar-refractivity contribution in [3.8, 4) is 0 Å². The molecule has 1 rings (SSSR count). The van der Waals surface area contributed by atoms with Crippen LogP contribution >= 0.6 is 27.5 Å². The number of hydrogen-bond donors (Lipinski definition) is 0. The van der Waals surface area contributed by atoms with E-state index in [9.17, 15) is 0 Å². The number of nitrogens with zero attached hydrogens (tertiary/aromatic N) is 3. The molecule has 0 saturated carbocycles. The number of aromatic nitrogens is 2.